The number of aromatic nitrogens is 1. The predicted molar refractivity (Wildman–Crippen MR) is 77.7 cm³/mol. The molecule has 1 unspecified atom stereocenters. The molecule has 0 radical (unpaired) electrons. The van der Waals surface area contributed by atoms with Gasteiger partial charge in [-0.15, -0.1) is 22.7 Å². The van der Waals surface area contributed by atoms with Gasteiger partial charge in [0.05, 0.1) is 11.6 Å². The zero-order valence-corrected chi connectivity index (χ0v) is 11.3. The molecule has 2 aromatic heterocycles. The molecular formula is C13H13N3S2. The molecule has 3 N–H and O–H groups in total. The largest absolute Gasteiger partial charge is 0.271 e. The van der Waals surface area contributed by atoms with Crippen molar-refractivity contribution < 1.29 is 0 Å². The highest BCUT2D eigenvalue weighted by atomic mass is 32.1. The number of hydrogen-bond donors (Lipinski definition) is 2. The van der Waals surface area contributed by atoms with Crippen molar-refractivity contribution in [2.24, 2.45) is 5.84 Å². The Hall–Kier alpha value is -1.27. The van der Waals surface area contributed by atoms with E-state index >= 15 is 0 Å². The van der Waals surface area contributed by atoms with Crippen LogP contribution in [0.25, 0.3) is 10.1 Å². The van der Waals surface area contributed by atoms with Gasteiger partial charge < -0.3 is 0 Å². The Kier molecular flexibility index (Phi) is 3.38. The summed E-state index contributed by atoms with van der Waals surface area (Å²) >= 11 is 3.46. The second kappa shape index (κ2) is 5.16. The number of fused-ring (bicyclic) bond motifs is 1. The van der Waals surface area contributed by atoms with Gasteiger partial charge in [-0.05, 0) is 17.5 Å². The number of rotatable bonds is 4. The first-order valence-electron chi connectivity index (χ1n) is 5.69. The number of nitrogens with two attached hydrogens (primary N) is 1. The zero-order valence-electron chi connectivity index (χ0n) is 9.67. The number of nitrogens with one attached hydrogen (secondary N) is 1. The van der Waals surface area contributed by atoms with Gasteiger partial charge in [-0.1, -0.05) is 18.2 Å². The quantitative estimate of drug-likeness (QED) is 0.568. The Morgan fingerprint density at radius 1 is 1.33 bits per heavy atom. The SMILES string of the molecule is NNC(Cc1cncs1)c1cc2ccccc2s1. The maximum absolute atomic E-state index is 5.68. The van der Waals surface area contributed by atoms with Crippen molar-refractivity contribution in [3.8, 4) is 0 Å². The van der Waals surface area contributed by atoms with E-state index in [-0.39, 0.29) is 6.04 Å². The van der Waals surface area contributed by atoms with Crippen LogP contribution < -0.4 is 11.3 Å². The lowest BCUT2D eigenvalue weighted by Crippen LogP contribution is -2.28. The summed E-state index contributed by atoms with van der Waals surface area (Å²) in [7, 11) is 0. The molecule has 0 amide bonds. The highest BCUT2D eigenvalue weighted by molar-refractivity contribution is 7.19. The van der Waals surface area contributed by atoms with E-state index in [1.165, 1.54) is 19.8 Å². The van der Waals surface area contributed by atoms with E-state index in [0.29, 0.717) is 0 Å². The lowest BCUT2D eigenvalue weighted by molar-refractivity contribution is 0.564. The van der Waals surface area contributed by atoms with Crippen LogP contribution in [0.5, 0.6) is 0 Å². The molecule has 0 saturated heterocycles. The van der Waals surface area contributed by atoms with Gasteiger partial charge in [-0.25, -0.2) is 0 Å². The van der Waals surface area contributed by atoms with E-state index in [9.17, 15) is 0 Å². The maximum Gasteiger partial charge on any atom is 0.0794 e. The second-order valence-corrected chi connectivity index (χ2v) is 6.16. The Morgan fingerprint density at radius 3 is 2.94 bits per heavy atom. The van der Waals surface area contributed by atoms with Crippen molar-refractivity contribution in [2.45, 2.75) is 12.5 Å². The molecule has 3 aromatic rings. The summed E-state index contributed by atoms with van der Waals surface area (Å²) < 4.78 is 1.30. The van der Waals surface area contributed by atoms with Crippen LogP contribution in [0.4, 0.5) is 0 Å². The minimum absolute atomic E-state index is 0.155. The topological polar surface area (TPSA) is 50.9 Å². The smallest absolute Gasteiger partial charge is 0.0794 e. The van der Waals surface area contributed by atoms with Crippen molar-refractivity contribution in [3.05, 3.63) is 51.8 Å². The van der Waals surface area contributed by atoms with Crippen LogP contribution in [-0.4, -0.2) is 4.98 Å². The summed E-state index contributed by atoms with van der Waals surface area (Å²) in [4.78, 5) is 6.62. The Bertz CT molecular complexity index is 598. The molecule has 0 spiro atoms. The van der Waals surface area contributed by atoms with Crippen LogP contribution in [0.2, 0.25) is 0 Å². The summed E-state index contributed by atoms with van der Waals surface area (Å²) in [5.74, 6) is 5.68. The number of hydrazine groups is 1. The van der Waals surface area contributed by atoms with Gasteiger partial charge in [0.2, 0.25) is 0 Å². The van der Waals surface area contributed by atoms with E-state index in [0.717, 1.165) is 6.42 Å². The fourth-order valence-corrected chi connectivity index (χ4v) is 3.73. The molecular weight excluding hydrogens is 262 g/mol. The van der Waals surface area contributed by atoms with Gasteiger partial charge in [-0.3, -0.25) is 16.3 Å². The van der Waals surface area contributed by atoms with Gasteiger partial charge in [0.25, 0.3) is 0 Å². The molecule has 0 bridgehead atoms. The third-order valence-electron chi connectivity index (χ3n) is 2.88. The van der Waals surface area contributed by atoms with Crippen LogP contribution in [0, 0.1) is 0 Å². The van der Waals surface area contributed by atoms with Crippen molar-refractivity contribution in [1.82, 2.24) is 10.4 Å². The van der Waals surface area contributed by atoms with Crippen LogP contribution in [-0.2, 0) is 6.42 Å². The van der Waals surface area contributed by atoms with E-state index in [2.05, 4.69) is 40.7 Å². The van der Waals surface area contributed by atoms with E-state index < -0.39 is 0 Å². The predicted octanol–water partition coefficient (Wildman–Crippen LogP) is 3.10. The standard InChI is InChI=1S/C13H13N3S2/c14-16-11(6-10-7-15-8-17-10)13-5-9-3-1-2-4-12(9)18-13/h1-5,7-8,11,16H,6,14H2. The molecule has 0 aliphatic carbocycles. The molecule has 3 rings (SSSR count). The summed E-state index contributed by atoms with van der Waals surface area (Å²) in [6, 6.07) is 10.8. The van der Waals surface area contributed by atoms with Gasteiger partial charge in [0, 0.05) is 27.1 Å². The molecule has 1 atom stereocenters. The Balaban J connectivity index is 1.90. The van der Waals surface area contributed by atoms with Gasteiger partial charge >= 0.3 is 0 Å². The molecule has 0 aliphatic rings. The minimum atomic E-state index is 0.155. The third kappa shape index (κ3) is 2.30. The van der Waals surface area contributed by atoms with E-state index in [1.54, 1.807) is 22.7 Å². The molecule has 0 fully saturated rings. The fraction of sp³-hybridized carbons (Fsp3) is 0.154. The highest BCUT2D eigenvalue weighted by Crippen LogP contribution is 2.31. The normalized spacial score (nSPS) is 12.9. The molecule has 18 heavy (non-hydrogen) atoms. The Labute approximate surface area is 113 Å². The molecule has 0 aliphatic heterocycles. The van der Waals surface area contributed by atoms with Gasteiger partial charge in [0.15, 0.2) is 0 Å². The first-order chi connectivity index (χ1) is 8.86. The summed E-state index contributed by atoms with van der Waals surface area (Å²) in [6.07, 6.45) is 2.79. The van der Waals surface area contributed by atoms with Crippen LogP contribution in [0.3, 0.4) is 0 Å². The highest BCUT2D eigenvalue weighted by Gasteiger charge is 2.14. The summed E-state index contributed by atoms with van der Waals surface area (Å²) in [5, 5.41) is 1.28. The first-order valence-corrected chi connectivity index (χ1v) is 7.38. The average molecular weight is 275 g/mol. The van der Waals surface area contributed by atoms with Crippen molar-refractivity contribution in [3.63, 3.8) is 0 Å². The molecule has 2 heterocycles. The number of benzene rings is 1. The van der Waals surface area contributed by atoms with Crippen LogP contribution in [0.15, 0.2) is 42.0 Å². The number of thiazole rings is 1. The van der Waals surface area contributed by atoms with Gasteiger partial charge in [0.1, 0.15) is 0 Å². The monoisotopic (exact) mass is 275 g/mol. The fourth-order valence-electron chi connectivity index (χ4n) is 1.96. The summed E-state index contributed by atoms with van der Waals surface area (Å²) in [6.45, 7) is 0. The summed E-state index contributed by atoms with van der Waals surface area (Å²) in [5.41, 5.74) is 4.76. The maximum atomic E-state index is 5.68. The average Bonchev–Trinajstić information content (AvgIpc) is 3.04. The first kappa shape index (κ1) is 11.8. The molecule has 1 aromatic carbocycles. The van der Waals surface area contributed by atoms with Crippen molar-refractivity contribution >= 4 is 32.8 Å². The molecule has 92 valence electrons. The number of thiophene rings is 1. The lowest BCUT2D eigenvalue weighted by atomic mass is 10.1. The van der Waals surface area contributed by atoms with Gasteiger partial charge in [-0.2, -0.15) is 0 Å². The van der Waals surface area contributed by atoms with Crippen LogP contribution >= 0.6 is 22.7 Å². The van der Waals surface area contributed by atoms with Crippen LogP contribution in [0.1, 0.15) is 15.8 Å². The van der Waals surface area contributed by atoms with Crippen molar-refractivity contribution in [2.75, 3.05) is 0 Å². The lowest BCUT2D eigenvalue weighted by Gasteiger charge is -2.12. The minimum Gasteiger partial charge on any atom is -0.271 e. The zero-order chi connectivity index (χ0) is 12.4. The number of nitrogens with zero attached hydrogens (tertiary/aromatic N) is 1. The van der Waals surface area contributed by atoms with E-state index in [1.807, 2.05) is 11.7 Å². The Morgan fingerprint density at radius 2 is 2.22 bits per heavy atom. The van der Waals surface area contributed by atoms with Crippen molar-refractivity contribution in [1.29, 1.82) is 0 Å². The second-order valence-electron chi connectivity index (χ2n) is 4.08. The molecule has 3 nitrogen and oxygen atoms in total. The van der Waals surface area contributed by atoms with E-state index in [4.69, 9.17) is 5.84 Å². The molecule has 0 saturated carbocycles. The third-order valence-corrected chi connectivity index (χ3v) is 4.91. The number of hydrogen-bond acceptors (Lipinski definition) is 5. The molecule has 5 heteroatoms.